The zero-order valence-corrected chi connectivity index (χ0v) is 15.2. The second-order valence-electron chi connectivity index (χ2n) is 5.44. The molecule has 0 aliphatic heterocycles. The molecule has 0 fully saturated rings. The molecule has 0 aliphatic carbocycles. The molecule has 1 atom stereocenters. The Labute approximate surface area is 153 Å². The Morgan fingerprint density at radius 2 is 1.92 bits per heavy atom. The molecular weight excluding hydrogens is 354 g/mol. The highest BCUT2D eigenvalue weighted by Crippen LogP contribution is 2.10. The number of carbonyl (C=O) groups is 2. The number of rotatable bonds is 5. The van der Waals surface area contributed by atoms with Gasteiger partial charge in [-0.15, -0.1) is 22.7 Å². The lowest BCUT2D eigenvalue weighted by molar-refractivity contribution is -0.119. The van der Waals surface area contributed by atoms with E-state index in [0.29, 0.717) is 16.1 Å². The molecule has 128 valence electrons. The highest BCUT2D eigenvalue weighted by Gasteiger charge is 2.22. The molecule has 2 amide bonds. The van der Waals surface area contributed by atoms with Gasteiger partial charge in [-0.25, -0.2) is 0 Å². The van der Waals surface area contributed by atoms with Crippen LogP contribution in [0.15, 0.2) is 64.4 Å². The van der Waals surface area contributed by atoms with Crippen molar-refractivity contribution in [3.05, 3.63) is 74.7 Å². The van der Waals surface area contributed by atoms with Crippen molar-refractivity contribution in [2.24, 2.45) is 12.0 Å². The van der Waals surface area contributed by atoms with Crippen molar-refractivity contribution in [3.63, 3.8) is 0 Å². The minimum Gasteiger partial charge on any atom is -0.339 e. The van der Waals surface area contributed by atoms with Crippen molar-refractivity contribution >= 4 is 34.5 Å². The molecule has 0 saturated heterocycles. The van der Waals surface area contributed by atoms with Gasteiger partial charge in [0.05, 0.1) is 4.88 Å². The van der Waals surface area contributed by atoms with Crippen molar-refractivity contribution < 1.29 is 9.59 Å². The SMILES string of the molecule is Cn1ccsc1=NC(=O)C(Cc1ccccc1)NC(=O)c1cccs1. The largest absolute Gasteiger partial charge is 0.339 e. The van der Waals surface area contributed by atoms with Gasteiger partial charge in [0.1, 0.15) is 6.04 Å². The van der Waals surface area contributed by atoms with Crippen molar-refractivity contribution in [1.29, 1.82) is 0 Å². The first-order chi connectivity index (χ1) is 12.1. The van der Waals surface area contributed by atoms with Crippen LogP contribution in [0.4, 0.5) is 0 Å². The summed E-state index contributed by atoms with van der Waals surface area (Å²) in [6, 6.07) is 12.4. The summed E-state index contributed by atoms with van der Waals surface area (Å²) in [6.45, 7) is 0. The molecule has 1 N–H and O–H groups in total. The van der Waals surface area contributed by atoms with Gasteiger partial charge in [0.2, 0.25) is 0 Å². The fourth-order valence-corrected chi connectivity index (χ4v) is 3.66. The number of nitrogens with zero attached hydrogens (tertiary/aromatic N) is 2. The van der Waals surface area contributed by atoms with E-state index < -0.39 is 6.04 Å². The van der Waals surface area contributed by atoms with E-state index in [2.05, 4.69) is 10.3 Å². The summed E-state index contributed by atoms with van der Waals surface area (Å²) < 4.78 is 1.78. The molecule has 5 nitrogen and oxygen atoms in total. The molecule has 2 aromatic heterocycles. The predicted octanol–water partition coefficient (Wildman–Crippen LogP) is 2.62. The fraction of sp³-hybridized carbons (Fsp3) is 0.167. The fourth-order valence-electron chi connectivity index (χ4n) is 2.29. The summed E-state index contributed by atoms with van der Waals surface area (Å²) in [4.78, 5) is 30.4. The van der Waals surface area contributed by atoms with Crippen LogP contribution >= 0.6 is 22.7 Å². The lowest BCUT2D eigenvalue weighted by Crippen LogP contribution is -2.42. The van der Waals surface area contributed by atoms with Crippen molar-refractivity contribution in [3.8, 4) is 0 Å². The van der Waals surface area contributed by atoms with Crippen LogP contribution in [-0.2, 0) is 18.3 Å². The molecule has 0 radical (unpaired) electrons. The van der Waals surface area contributed by atoms with Gasteiger partial charge >= 0.3 is 0 Å². The molecule has 25 heavy (non-hydrogen) atoms. The number of aromatic nitrogens is 1. The first kappa shape index (κ1) is 17.3. The molecule has 0 aliphatic rings. The van der Waals surface area contributed by atoms with E-state index in [-0.39, 0.29) is 11.8 Å². The lowest BCUT2D eigenvalue weighted by Gasteiger charge is -2.15. The summed E-state index contributed by atoms with van der Waals surface area (Å²) >= 11 is 2.73. The van der Waals surface area contributed by atoms with Crippen LogP contribution in [0, 0.1) is 0 Å². The normalized spacial score (nSPS) is 12.8. The predicted molar refractivity (Wildman–Crippen MR) is 99.6 cm³/mol. The maximum absolute atomic E-state index is 12.7. The molecule has 0 spiro atoms. The topological polar surface area (TPSA) is 63.5 Å². The van der Waals surface area contributed by atoms with E-state index in [1.54, 1.807) is 10.6 Å². The Kier molecular flexibility index (Phi) is 5.57. The van der Waals surface area contributed by atoms with Crippen molar-refractivity contribution in [2.75, 3.05) is 0 Å². The summed E-state index contributed by atoms with van der Waals surface area (Å²) in [7, 11) is 1.83. The quantitative estimate of drug-likeness (QED) is 0.749. The van der Waals surface area contributed by atoms with E-state index in [0.717, 1.165) is 5.56 Å². The van der Waals surface area contributed by atoms with E-state index in [4.69, 9.17) is 0 Å². The average Bonchev–Trinajstić information content (AvgIpc) is 3.28. The first-order valence-corrected chi connectivity index (χ1v) is 9.46. The summed E-state index contributed by atoms with van der Waals surface area (Å²) in [5.74, 6) is -0.609. The monoisotopic (exact) mass is 371 g/mol. The van der Waals surface area contributed by atoms with Crippen molar-refractivity contribution in [1.82, 2.24) is 9.88 Å². The van der Waals surface area contributed by atoms with Crippen LogP contribution in [0.5, 0.6) is 0 Å². The standard InChI is InChI=1S/C18H17N3O2S2/c1-21-9-11-25-18(21)20-16(22)14(12-13-6-3-2-4-7-13)19-17(23)15-8-5-10-24-15/h2-11,14H,12H2,1H3,(H,19,23). The molecule has 7 heteroatoms. The molecule has 1 unspecified atom stereocenters. The van der Waals surface area contributed by atoms with Crippen LogP contribution in [0.1, 0.15) is 15.2 Å². The van der Waals surface area contributed by atoms with Gasteiger partial charge in [-0.05, 0) is 17.0 Å². The Morgan fingerprint density at radius 3 is 2.56 bits per heavy atom. The molecule has 3 rings (SSSR count). The molecule has 0 saturated carbocycles. The van der Waals surface area contributed by atoms with Crippen LogP contribution < -0.4 is 10.1 Å². The average molecular weight is 371 g/mol. The Bertz CT molecular complexity index is 911. The van der Waals surface area contributed by atoms with E-state index >= 15 is 0 Å². The number of aryl methyl sites for hydroxylation is 1. The first-order valence-electron chi connectivity index (χ1n) is 7.70. The van der Waals surface area contributed by atoms with E-state index in [9.17, 15) is 9.59 Å². The number of nitrogens with one attached hydrogen (secondary N) is 1. The minimum atomic E-state index is -0.709. The smallest absolute Gasteiger partial charge is 0.271 e. The molecule has 0 bridgehead atoms. The molecular formula is C18H17N3O2S2. The van der Waals surface area contributed by atoms with Crippen LogP contribution in [0.3, 0.4) is 0 Å². The lowest BCUT2D eigenvalue weighted by atomic mass is 10.1. The van der Waals surface area contributed by atoms with Gasteiger partial charge in [0.15, 0.2) is 4.80 Å². The highest BCUT2D eigenvalue weighted by molar-refractivity contribution is 7.12. The molecule has 3 aromatic rings. The molecule has 2 heterocycles. The van der Waals surface area contributed by atoms with Gasteiger partial charge in [-0.1, -0.05) is 36.4 Å². The summed E-state index contributed by atoms with van der Waals surface area (Å²) in [6.07, 6.45) is 2.24. The number of carbonyl (C=O) groups excluding carboxylic acids is 2. The van der Waals surface area contributed by atoms with Gasteiger partial charge in [-0.3, -0.25) is 9.59 Å². The van der Waals surface area contributed by atoms with Gasteiger partial charge in [0.25, 0.3) is 11.8 Å². The summed E-state index contributed by atoms with van der Waals surface area (Å²) in [5, 5.41) is 6.52. The van der Waals surface area contributed by atoms with Gasteiger partial charge < -0.3 is 9.88 Å². The number of thiazole rings is 1. The Hall–Kier alpha value is -2.51. The third-order valence-corrected chi connectivity index (χ3v) is 5.31. The van der Waals surface area contributed by atoms with E-state index in [1.807, 2.05) is 60.4 Å². The van der Waals surface area contributed by atoms with E-state index in [1.165, 1.54) is 22.7 Å². The van der Waals surface area contributed by atoms with Gasteiger partial charge in [-0.2, -0.15) is 4.99 Å². The Morgan fingerprint density at radius 1 is 1.12 bits per heavy atom. The number of hydrogen-bond donors (Lipinski definition) is 1. The number of benzene rings is 1. The van der Waals surface area contributed by atoms with Crippen molar-refractivity contribution in [2.45, 2.75) is 12.5 Å². The number of thiophene rings is 1. The van der Waals surface area contributed by atoms with Gasteiger partial charge in [0, 0.05) is 25.0 Å². The van der Waals surface area contributed by atoms with Crippen LogP contribution in [0.25, 0.3) is 0 Å². The van der Waals surface area contributed by atoms with Crippen LogP contribution in [0.2, 0.25) is 0 Å². The number of amides is 2. The second kappa shape index (κ2) is 8.04. The zero-order valence-electron chi connectivity index (χ0n) is 13.6. The third-order valence-electron chi connectivity index (χ3n) is 3.60. The maximum atomic E-state index is 12.7. The van der Waals surface area contributed by atoms with Crippen LogP contribution in [-0.4, -0.2) is 22.4 Å². The number of hydrogen-bond acceptors (Lipinski definition) is 4. The zero-order chi connectivity index (χ0) is 17.6. The summed E-state index contributed by atoms with van der Waals surface area (Å²) in [5.41, 5.74) is 0.970. The second-order valence-corrected chi connectivity index (χ2v) is 7.26. The molecule has 1 aromatic carbocycles. The maximum Gasteiger partial charge on any atom is 0.271 e. The third kappa shape index (κ3) is 4.52. The minimum absolute atomic E-state index is 0.255. The Balaban J connectivity index is 1.84. The highest BCUT2D eigenvalue weighted by atomic mass is 32.1.